The smallest absolute Gasteiger partial charge is 0.186 e. The molecule has 0 atom stereocenters. The van der Waals surface area contributed by atoms with Crippen molar-refractivity contribution in [3.05, 3.63) is 42.5 Å². The molecule has 1 saturated heterocycles. The van der Waals surface area contributed by atoms with E-state index < -0.39 is 0 Å². The zero-order valence-corrected chi connectivity index (χ0v) is 12.4. The highest BCUT2D eigenvalue weighted by molar-refractivity contribution is 7.22. The number of fused-ring (bicyclic) bond motifs is 1. The van der Waals surface area contributed by atoms with E-state index in [1.165, 1.54) is 4.70 Å². The third kappa shape index (κ3) is 2.42. The number of hydrogen-bond acceptors (Lipinski definition) is 6. The van der Waals surface area contributed by atoms with Gasteiger partial charge in [-0.3, -0.25) is 9.97 Å². The van der Waals surface area contributed by atoms with Crippen molar-refractivity contribution in [1.82, 2.24) is 15.0 Å². The number of thiazole rings is 1. The van der Waals surface area contributed by atoms with E-state index in [1.54, 1.807) is 23.7 Å². The molecule has 3 aromatic heterocycles. The van der Waals surface area contributed by atoms with Crippen molar-refractivity contribution in [2.75, 3.05) is 18.0 Å². The lowest BCUT2D eigenvalue weighted by Crippen LogP contribution is -2.54. The summed E-state index contributed by atoms with van der Waals surface area (Å²) in [5.41, 5.74) is 1.94. The Kier molecular flexibility index (Phi) is 2.96. The van der Waals surface area contributed by atoms with Gasteiger partial charge >= 0.3 is 0 Å². The molecule has 0 N–H and O–H groups in total. The van der Waals surface area contributed by atoms with Crippen LogP contribution in [0.3, 0.4) is 0 Å². The molecule has 1 aliphatic rings. The van der Waals surface area contributed by atoms with Crippen LogP contribution in [0.25, 0.3) is 10.2 Å². The average Bonchev–Trinajstić information content (AvgIpc) is 2.85. The Morgan fingerprint density at radius 1 is 1.29 bits per heavy atom. The highest BCUT2D eigenvalue weighted by atomic mass is 32.1. The Labute approximate surface area is 126 Å². The third-order valence-corrected chi connectivity index (χ3v) is 4.57. The first-order valence-corrected chi connectivity index (χ1v) is 7.64. The molecular weight excluding hydrogens is 284 g/mol. The highest BCUT2D eigenvalue weighted by Crippen LogP contribution is 2.31. The van der Waals surface area contributed by atoms with Crippen molar-refractivity contribution in [3.8, 4) is 5.75 Å². The lowest BCUT2D eigenvalue weighted by Gasteiger charge is -2.38. The molecule has 0 spiro atoms. The SMILES string of the molecule is Cc1cc(OC2CN(c3nc4cnccc4s3)C2)ccn1. The standard InChI is InChI=1S/C15H14N4OS/c1-10-6-11(2-5-17-10)20-12-8-19(9-12)15-18-13-7-16-4-3-14(13)21-15/h2-7,12H,8-9H2,1H3. The van der Waals surface area contributed by atoms with Crippen molar-refractivity contribution in [2.45, 2.75) is 13.0 Å². The maximum Gasteiger partial charge on any atom is 0.186 e. The minimum Gasteiger partial charge on any atom is -0.487 e. The average molecular weight is 298 g/mol. The lowest BCUT2D eigenvalue weighted by molar-refractivity contribution is 0.167. The van der Waals surface area contributed by atoms with Crippen LogP contribution < -0.4 is 9.64 Å². The van der Waals surface area contributed by atoms with Gasteiger partial charge in [-0.05, 0) is 19.1 Å². The molecule has 0 aromatic carbocycles. The van der Waals surface area contributed by atoms with E-state index in [0.29, 0.717) is 0 Å². The fourth-order valence-corrected chi connectivity index (χ4v) is 3.31. The molecule has 106 valence electrons. The molecule has 1 fully saturated rings. The van der Waals surface area contributed by atoms with E-state index in [0.717, 1.165) is 35.2 Å². The van der Waals surface area contributed by atoms with Crippen molar-refractivity contribution in [2.24, 2.45) is 0 Å². The van der Waals surface area contributed by atoms with Gasteiger partial charge in [-0.1, -0.05) is 11.3 Å². The molecule has 4 heterocycles. The van der Waals surface area contributed by atoms with Crippen LogP contribution in [0.1, 0.15) is 5.69 Å². The Hall–Kier alpha value is -2.21. The van der Waals surface area contributed by atoms with E-state index in [4.69, 9.17) is 4.74 Å². The number of aromatic nitrogens is 3. The van der Waals surface area contributed by atoms with Crippen LogP contribution >= 0.6 is 11.3 Å². The van der Waals surface area contributed by atoms with Crippen LogP contribution in [-0.2, 0) is 0 Å². The van der Waals surface area contributed by atoms with Crippen LogP contribution in [0.15, 0.2) is 36.8 Å². The van der Waals surface area contributed by atoms with Gasteiger partial charge in [0.15, 0.2) is 5.13 Å². The van der Waals surface area contributed by atoms with Crippen molar-refractivity contribution in [1.29, 1.82) is 0 Å². The molecule has 0 aliphatic carbocycles. The lowest BCUT2D eigenvalue weighted by atomic mass is 10.2. The third-order valence-electron chi connectivity index (χ3n) is 3.47. The molecule has 0 bridgehead atoms. The van der Waals surface area contributed by atoms with Crippen LogP contribution in [0.5, 0.6) is 5.75 Å². The molecule has 0 amide bonds. The first-order valence-electron chi connectivity index (χ1n) is 6.83. The Morgan fingerprint density at radius 2 is 2.19 bits per heavy atom. The van der Waals surface area contributed by atoms with Gasteiger partial charge in [0.05, 0.1) is 24.0 Å². The first kappa shape index (κ1) is 12.5. The van der Waals surface area contributed by atoms with Gasteiger partial charge in [-0.2, -0.15) is 0 Å². The van der Waals surface area contributed by atoms with Crippen molar-refractivity contribution < 1.29 is 4.74 Å². The molecule has 0 radical (unpaired) electrons. The molecule has 3 aromatic rings. The van der Waals surface area contributed by atoms with Crippen LogP contribution in [0, 0.1) is 6.92 Å². The maximum atomic E-state index is 5.94. The van der Waals surface area contributed by atoms with Crippen LogP contribution in [0.4, 0.5) is 5.13 Å². The van der Waals surface area contributed by atoms with Gasteiger partial charge < -0.3 is 9.64 Å². The monoisotopic (exact) mass is 298 g/mol. The van der Waals surface area contributed by atoms with Gasteiger partial charge in [0, 0.05) is 24.2 Å². The summed E-state index contributed by atoms with van der Waals surface area (Å²) in [6.07, 6.45) is 5.61. The molecule has 4 rings (SSSR count). The van der Waals surface area contributed by atoms with Crippen LogP contribution in [-0.4, -0.2) is 34.1 Å². The van der Waals surface area contributed by atoms with E-state index in [1.807, 2.05) is 31.3 Å². The summed E-state index contributed by atoms with van der Waals surface area (Å²) < 4.78 is 7.11. The van der Waals surface area contributed by atoms with Gasteiger partial charge in [-0.25, -0.2) is 4.98 Å². The summed E-state index contributed by atoms with van der Waals surface area (Å²) in [5.74, 6) is 0.889. The highest BCUT2D eigenvalue weighted by Gasteiger charge is 2.30. The van der Waals surface area contributed by atoms with Gasteiger partial charge in [0.25, 0.3) is 0 Å². The summed E-state index contributed by atoms with van der Waals surface area (Å²) in [6.45, 7) is 3.71. The molecular formula is C15H14N4OS. The topological polar surface area (TPSA) is 51.1 Å². The molecule has 0 saturated carbocycles. The number of anilines is 1. The summed E-state index contributed by atoms with van der Waals surface area (Å²) in [6, 6.07) is 5.87. The minimum absolute atomic E-state index is 0.219. The number of hydrogen-bond donors (Lipinski definition) is 0. The number of nitrogens with zero attached hydrogens (tertiary/aromatic N) is 4. The van der Waals surface area contributed by atoms with E-state index in [9.17, 15) is 0 Å². The quantitative estimate of drug-likeness (QED) is 0.744. The summed E-state index contributed by atoms with van der Waals surface area (Å²) in [4.78, 5) is 15.1. The number of aryl methyl sites for hydroxylation is 1. The summed E-state index contributed by atoms with van der Waals surface area (Å²) >= 11 is 1.70. The summed E-state index contributed by atoms with van der Waals surface area (Å²) in [7, 11) is 0. The Morgan fingerprint density at radius 3 is 3.00 bits per heavy atom. The zero-order chi connectivity index (χ0) is 14.2. The summed E-state index contributed by atoms with van der Waals surface area (Å²) in [5, 5.41) is 1.05. The molecule has 0 unspecified atom stereocenters. The first-order chi connectivity index (χ1) is 10.3. The second kappa shape index (κ2) is 4.96. The number of pyridine rings is 2. The number of rotatable bonds is 3. The van der Waals surface area contributed by atoms with Crippen LogP contribution in [0.2, 0.25) is 0 Å². The molecule has 1 aliphatic heterocycles. The normalized spacial score (nSPS) is 15.2. The van der Waals surface area contributed by atoms with E-state index in [-0.39, 0.29) is 6.10 Å². The van der Waals surface area contributed by atoms with E-state index >= 15 is 0 Å². The van der Waals surface area contributed by atoms with Gasteiger partial charge in [0.2, 0.25) is 0 Å². The van der Waals surface area contributed by atoms with E-state index in [2.05, 4.69) is 19.9 Å². The van der Waals surface area contributed by atoms with Crippen molar-refractivity contribution >= 4 is 26.7 Å². The van der Waals surface area contributed by atoms with Gasteiger partial charge in [-0.15, -0.1) is 0 Å². The largest absolute Gasteiger partial charge is 0.487 e. The molecule has 6 heteroatoms. The number of ether oxygens (including phenoxy) is 1. The Balaban J connectivity index is 1.42. The Bertz CT molecular complexity index is 749. The predicted molar refractivity (Wildman–Crippen MR) is 83.0 cm³/mol. The second-order valence-corrected chi connectivity index (χ2v) is 6.13. The molecule has 21 heavy (non-hydrogen) atoms. The fourth-order valence-electron chi connectivity index (χ4n) is 2.36. The molecule has 5 nitrogen and oxygen atoms in total. The predicted octanol–water partition coefficient (Wildman–Crippen LogP) is 2.66. The van der Waals surface area contributed by atoms with Crippen molar-refractivity contribution in [3.63, 3.8) is 0 Å². The maximum absolute atomic E-state index is 5.94. The second-order valence-electron chi connectivity index (χ2n) is 5.12. The fraction of sp³-hybridized carbons (Fsp3) is 0.267. The van der Waals surface area contributed by atoms with Gasteiger partial charge in [0.1, 0.15) is 17.4 Å². The zero-order valence-electron chi connectivity index (χ0n) is 11.6. The minimum atomic E-state index is 0.219.